The molecule has 1 N–H and O–H groups in total. The molecule has 0 aromatic heterocycles. The third-order valence-electron chi connectivity index (χ3n) is 2.95. The summed E-state index contributed by atoms with van der Waals surface area (Å²) in [5, 5.41) is 3.19. The highest BCUT2D eigenvalue weighted by Crippen LogP contribution is 2.30. The minimum absolute atomic E-state index is 0.126. The first-order valence-corrected chi connectivity index (χ1v) is 5.32. The lowest BCUT2D eigenvalue weighted by atomic mass is 9.75. The van der Waals surface area contributed by atoms with E-state index in [1.54, 1.807) is 6.07 Å². The van der Waals surface area contributed by atoms with Crippen molar-refractivity contribution in [3.8, 4) is 0 Å². The van der Waals surface area contributed by atoms with Gasteiger partial charge < -0.3 is 10.1 Å². The van der Waals surface area contributed by atoms with Crippen molar-refractivity contribution in [1.29, 1.82) is 0 Å². The fraction of sp³-hybridized carbons (Fsp3) is 0.500. The molecule has 1 saturated heterocycles. The van der Waals surface area contributed by atoms with Gasteiger partial charge in [-0.05, 0) is 18.6 Å². The number of rotatable bonds is 4. The minimum atomic E-state index is -0.151. The Kier molecular flexibility index (Phi) is 3.03. The van der Waals surface area contributed by atoms with Gasteiger partial charge in [-0.2, -0.15) is 0 Å². The Hall–Kier alpha value is -0.930. The van der Waals surface area contributed by atoms with E-state index in [1.165, 1.54) is 6.07 Å². The number of halogens is 1. The van der Waals surface area contributed by atoms with E-state index < -0.39 is 0 Å². The van der Waals surface area contributed by atoms with Gasteiger partial charge in [0.15, 0.2) is 0 Å². The van der Waals surface area contributed by atoms with Gasteiger partial charge in [-0.1, -0.05) is 18.2 Å². The summed E-state index contributed by atoms with van der Waals surface area (Å²) in [5.74, 6) is -0.126. The molecule has 2 rings (SSSR count). The zero-order valence-electron chi connectivity index (χ0n) is 8.92. The van der Waals surface area contributed by atoms with Crippen molar-refractivity contribution < 1.29 is 9.13 Å². The van der Waals surface area contributed by atoms with Gasteiger partial charge in [0, 0.05) is 25.1 Å². The Balaban J connectivity index is 2.22. The largest absolute Gasteiger partial charge is 0.381 e. The molecule has 0 saturated carbocycles. The molecular weight excluding hydrogens is 193 g/mol. The van der Waals surface area contributed by atoms with Gasteiger partial charge in [-0.3, -0.25) is 0 Å². The molecule has 0 aliphatic carbocycles. The maximum Gasteiger partial charge on any atom is 0.127 e. The highest BCUT2D eigenvalue weighted by atomic mass is 19.1. The standard InChI is InChI=1S/C12H16FNO/c1-2-15-9-12(7-14-8-12)10-5-3-4-6-11(10)13/h3-6,14H,2,7-9H2,1H3. The lowest BCUT2D eigenvalue weighted by Crippen LogP contribution is -2.59. The molecule has 0 radical (unpaired) electrons. The average molecular weight is 209 g/mol. The summed E-state index contributed by atoms with van der Waals surface area (Å²) in [6.45, 7) is 4.83. The van der Waals surface area contributed by atoms with E-state index >= 15 is 0 Å². The quantitative estimate of drug-likeness (QED) is 0.815. The Labute approximate surface area is 89.4 Å². The molecule has 0 atom stereocenters. The normalized spacial score (nSPS) is 18.5. The predicted octanol–water partition coefficient (Wildman–Crippen LogP) is 1.70. The number of hydrogen-bond acceptors (Lipinski definition) is 2. The topological polar surface area (TPSA) is 21.3 Å². The first kappa shape index (κ1) is 10.6. The molecule has 0 spiro atoms. The molecule has 0 amide bonds. The highest BCUT2D eigenvalue weighted by Gasteiger charge is 2.40. The molecule has 3 heteroatoms. The molecule has 2 nitrogen and oxygen atoms in total. The van der Waals surface area contributed by atoms with Crippen molar-refractivity contribution >= 4 is 0 Å². The molecule has 1 aliphatic rings. The Morgan fingerprint density at radius 2 is 2.13 bits per heavy atom. The van der Waals surface area contributed by atoms with E-state index in [4.69, 9.17) is 4.74 Å². The molecule has 0 unspecified atom stereocenters. The molecule has 1 fully saturated rings. The monoisotopic (exact) mass is 209 g/mol. The van der Waals surface area contributed by atoms with Crippen molar-refractivity contribution in [3.05, 3.63) is 35.6 Å². The molecule has 1 aromatic carbocycles. The van der Waals surface area contributed by atoms with Crippen molar-refractivity contribution in [2.24, 2.45) is 0 Å². The molecule has 82 valence electrons. The van der Waals surface area contributed by atoms with Crippen molar-refractivity contribution in [2.45, 2.75) is 12.3 Å². The summed E-state index contributed by atoms with van der Waals surface area (Å²) in [7, 11) is 0. The summed E-state index contributed by atoms with van der Waals surface area (Å²) in [6, 6.07) is 6.97. The van der Waals surface area contributed by atoms with Crippen LogP contribution in [0.5, 0.6) is 0 Å². The fourth-order valence-electron chi connectivity index (χ4n) is 1.99. The van der Waals surface area contributed by atoms with Crippen LogP contribution in [0, 0.1) is 5.82 Å². The third-order valence-corrected chi connectivity index (χ3v) is 2.95. The van der Waals surface area contributed by atoms with E-state index in [0.29, 0.717) is 13.2 Å². The van der Waals surface area contributed by atoms with Gasteiger partial charge in [-0.15, -0.1) is 0 Å². The average Bonchev–Trinajstić information content (AvgIpc) is 2.19. The first-order chi connectivity index (χ1) is 7.28. The Bertz CT molecular complexity index is 336. The molecule has 1 heterocycles. The van der Waals surface area contributed by atoms with Gasteiger partial charge in [0.05, 0.1) is 6.61 Å². The first-order valence-electron chi connectivity index (χ1n) is 5.32. The van der Waals surface area contributed by atoms with E-state index in [-0.39, 0.29) is 11.2 Å². The van der Waals surface area contributed by atoms with E-state index in [2.05, 4.69) is 5.32 Å². The molecule has 1 aliphatic heterocycles. The summed E-state index contributed by atoms with van der Waals surface area (Å²) in [6.07, 6.45) is 0. The minimum Gasteiger partial charge on any atom is -0.381 e. The second-order valence-corrected chi connectivity index (χ2v) is 4.00. The van der Waals surface area contributed by atoms with Gasteiger partial charge in [0.2, 0.25) is 0 Å². The van der Waals surface area contributed by atoms with Crippen LogP contribution < -0.4 is 5.32 Å². The summed E-state index contributed by atoms with van der Waals surface area (Å²) in [5.41, 5.74) is 0.624. The lowest BCUT2D eigenvalue weighted by molar-refractivity contribution is 0.0632. The Morgan fingerprint density at radius 1 is 1.40 bits per heavy atom. The van der Waals surface area contributed by atoms with Gasteiger partial charge in [0.1, 0.15) is 5.82 Å². The fourth-order valence-corrected chi connectivity index (χ4v) is 1.99. The second kappa shape index (κ2) is 4.29. The summed E-state index contributed by atoms with van der Waals surface area (Å²) in [4.78, 5) is 0. The molecule has 15 heavy (non-hydrogen) atoms. The van der Waals surface area contributed by atoms with Crippen LogP contribution in [0.3, 0.4) is 0 Å². The number of nitrogens with one attached hydrogen (secondary N) is 1. The van der Waals surface area contributed by atoms with Crippen LogP contribution in [0.1, 0.15) is 12.5 Å². The van der Waals surface area contributed by atoms with Crippen LogP contribution >= 0.6 is 0 Å². The summed E-state index contributed by atoms with van der Waals surface area (Å²) >= 11 is 0. The van der Waals surface area contributed by atoms with E-state index in [0.717, 1.165) is 18.7 Å². The van der Waals surface area contributed by atoms with Crippen LogP contribution in [-0.2, 0) is 10.2 Å². The van der Waals surface area contributed by atoms with Crippen molar-refractivity contribution in [2.75, 3.05) is 26.3 Å². The van der Waals surface area contributed by atoms with Crippen LogP contribution in [-0.4, -0.2) is 26.3 Å². The van der Waals surface area contributed by atoms with Crippen LogP contribution in [0.4, 0.5) is 4.39 Å². The zero-order valence-corrected chi connectivity index (χ0v) is 8.92. The molecule has 0 bridgehead atoms. The van der Waals surface area contributed by atoms with Crippen molar-refractivity contribution in [3.63, 3.8) is 0 Å². The molecule has 1 aromatic rings. The van der Waals surface area contributed by atoms with Gasteiger partial charge in [0.25, 0.3) is 0 Å². The maximum absolute atomic E-state index is 13.6. The van der Waals surface area contributed by atoms with E-state index in [9.17, 15) is 4.39 Å². The Morgan fingerprint density at radius 3 is 2.67 bits per heavy atom. The highest BCUT2D eigenvalue weighted by molar-refractivity contribution is 5.31. The second-order valence-electron chi connectivity index (χ2n) is 4.00. The number of hydrogen-bond donors (Lipinski definition) is 1. The predicted molar refractivity (Wildman–Crippen MR) is 57.4 cm³/mol. The van der Waals surface area contributed by atoms with Gasteiger partial charge >= 0.3 is 0 Å². The lowest BCUT2D eigenvalue weighted by Gasteiger charge is -2.42. The van der Waals surface area contributed by atoms with Crippen LogP contribution in [0.15, 0.2) is 24.3 Å². The number of benzene rings is 1. The SMILES string of the molecule is CCOCC1(c2ccccc2F)CNC1. The van der Waals surface area contributed by atoms with Crippen molar-refractivity contribution in [1.82, 2.24) is 5.32 Å². The van der Waals surface area contributed by atoms with Crippen LogP contribution in [0.25, 0.3) is 0 Å². The van der Waals surface area contributed by atoms with Gasteiger partial charge in [-0.25, -0.2) is 4.39 Å². The smallest absolute Gasteiger partial charge is 0.127 e. The zero-order chi connectivity index (χ0) is 10.7. The van der Waals surface area contributed by atoms with E-state index in [1.807, 2.05) is 19.1 Å². The molecular formula is C12H16FNO. The number of ether oxygens (including phenoxy) is 1. The van der Waals surface area contributed by atoms with Crippen LogP contribution in [0.2, 0.25) is 0 Å². The summed E-state index contributed by atoms with van der Waals surface area (Å²) < 4.78 is 19.1. The third kappa shape index (κ3) is 1.90. The maximum atomic E-state index is 13.6.